The van der Waals surface area contributed by atoms with Crippen LogP contribution in [0.5, 0.6) is 0 Å². The van der Waals surface area contributed by atoms with Crippen LogP contribution in [-0.2, 0) is 16.4 Å². The highest BCUT2D eigenvalue weighted by Crippen LogP contribution is 2.11. The summed E-state index contributed by atoms with van der Waals surface area (Å²) in [5.41, 5.74) is 1.84. The minimum Gasteiger partial charge on any atom is -0.338 e. The highest BCUT2D eigenvalue weighted by molar-refractivity contribution is 7.88. The van der Waals surface area contributed by atoms with Gasteiger partial charge in [0, 0.05) is 43.5 Å². The molecule has 24 heavy (non-hydrogen) atoms. The molecule has 1 aliphatic heterocycles. The number of aromatic nitrogens is 2. The van der Waals surface area contributed by atoms with E-state index in [2.05, 4.69) is 20.0 Å². The third kappa shape index (κ3) is 6.04. The first-order valence-electron chi connectivity index (χ1n) is 8.04. The number of rotatable bonds is 5. The summed E-state index contributed by atoms with van der Waals surface area (Å²) < 4.78 is 25.0. The van der Waals surface area contributed by atoms with Crippen molar-refractivity contribution in [3.05, 3.63) is 23.3 Å². The Balaban J connectivity index is 1.74. The van der Waals surface area contributed by atoms with E-state index in [1.54, 1.807) is 4.90 Å². The quantitative estimate of drug-likeness (QED) is 0.793. The molecule has 0 radical (unpaired) electrons. The van der Waals surface area contributed by atoms with Gasteiger partial charge < -0.3 is 10.2 Å². The van der Waals surface area contributed by atoms with Gasteiger partial charge in [0.2, 0.25) is 10.0 Å². The average molecular weight is 355 g/mol. The Hall–Kier alpha value is -1.74. The molecule has 1 saturated heterocycles. The van der Waals surface area contributed by atoms with Gasteiger partial charge in [-0.3, -0.25) is 0 Å². The molecule has 0 aliphatic carbocycles. The van der Waals surface area contributed by atoms with E-state index in [9.17, 15) is 13.2 Å². The Bertz CT molecular complexity index is 664. The van der Waals surface area contributed by atoms with Gasteiger partial charge in [-0.25, -0.2) is 27.9 Å². The standard InChI is InChI=1S/C15H25N5O3S/c1-11-10-12(2)18-14(17-11)4-7-16-15(21)20-8-5-13(6-9-20)19-24(3,22)23/h10,13,19H,4-9H2,1-3H3,(H,16,21). The van der Waals surface area contributed by atoms with Gasteiger partial charge in [-0.15, -0.1) is 0 Å². The molecule has 2 heterocycles. The highest BCUT2D eigenvalue weighted by Gasteiger charge is 2.24. The van der Waals surface area contributed by atoms with Gasteiger partial charge in [0.25, 0.3) is 0 Å². The molecule has 2 N–H and O–H groups in total. The molecule has 134 valence electrons. The lowest BCUT2D eigenvalue weighted by Crippen LogP contribution is -2.49. The van der Waals surface area contributed by atoms with Crippen molar-refractivity contribution < 1.29 is 13.2 Å². The zero-order chi connectivity index (χ0) is 17.7. The van der Waals surface area contributed by atoms with Crippen LogP contribution in [-0.4, -0.2) is 61.2 Å². The van der Waals surface area contributed by atoms with Crippen LogP contribution in [0.25, 0.3) is 0 Å². The number of likely N-dealkylation sites (tertiary alicyclic amines) is 1. The zero-order valence-corrected chi connectivity index (χ0v) is 15.2. The number of nitrogens with zero attached hydrogens (tertiary/aromatic N) is 3. The predicted molar refractivity (Wildman–Crippen MR) is 91.2 cm³/mol. The Morgan fingerprint density at radius 1 is 1.25 bits per heavy atom. The van der Waals surface area contributed by atoms with Crippen molar-refractivity contribution in [2.45, 2.75) is 39.2 Å². The predicted octanol–water partition coefficient (Wildman–Crippen LogP) is 0.359. The van der Waals surface area contributed by atoms with Crippen molar-refractivity contribution in [1.82, 2.24) is 24.9 Å². The Morgan fingerprint density at radius 3 is 2.38 bits per heavy atom. The molecule has 0 aromatic carbocycles. The van der Waals surface area contributed by atoms with Gasteiger partial charge in [0.1, 0.15) is 5.82 Å². The summed E-state index contributed by atoms with van der Waals surface area (Å²) in [4.78, 5) is 22.6. The summed E-state index contributed by atoms with van der Waals surface area (Å²) in [5.74, 6) is 0.726. The third-order valence-corrected chi connectivity index (χ3v) is 4.58. The number of sulfonamides is 1. The van der Waals surface area contributed by atoms with E-state index in [1.807, 2.05) is 19.9 Å². The van der Waals surface area contributed by atoms with Gasteiger partial charge in [-0.2, -0.15) is 0 Å². The summed E-state index contributed by atoms with van der Waals surface area (Å²) in [7, 11) is -3.20. The van der Waals surface area contributed by atoms with E-state index in [1.165, 1.54) is 0 Å². The number of carbonyl (C=O) groups is 1. The van der Waals surface area contributed by atoms with Gasteiger partial charge in [0.15, 0.2) is 0 Å². The van der Waals surface area contributed by atoms with Crippen LogP contribution >= 0.6 is 0 Å². The topological polar surface area (TPSA) is 104 Å². The number of aryl methyl sites for hydroxylation is 2. The third-order valence-electron chi connectivity index (χ3n) is 3.82. The van der Waals surface area contributed by atoms with Crippen LogP contribution in [0.15, 0.2) is 6.07 Å². The number of hydrogen-bond donors (Lipinski definition) is 2. The Morgan fingerprint density at radius 2 is 1.83 bits per heavy atom. The lowest BCUT2D eigenvalue weighted by Gasteiger charge is -2.32. The fraction of sp³-hybridized carbons (Fsp3) is 0.667. The maximum atomic E-state index is 12.1. The van der Waals surface area contributed by atoms with Crippen molar-refractivity contribution in [3.63, 3.8) is 0 Å². The first-order chi connectivity index (χ1) is 11.2. The molecule has 1 aromatic rings. The minimum atomic E-state index is -3.20. The second kappa shape index (κ2) is 7.89. The monoisotopic (exact) mass is 355 g/mol. The van der Waals surface area contributed by atoms with Crippen molar-refractivity contribution in [3.8, 4) is 0 Å². The fourth-order valence-corrected chi connectivity index (χ4v) is 3.65. The second-order valence-electron chi connectivity index (χ2n) is 6.20. The summed E-state index contributed by atoms with van der Waals surface area (Å²) >= 11 is 0. The lowest BCUT2D eigenvalue weighted by molar-refractivity contribution is 0.180. The molecule has 8 nitrogen and oxygen atoms in total. The van der Waals surface area contributed by atoms with E-state index in [-0.39, 0.29) is 12.1 Å². The van der Waals surface area contributed by atoms with Crippen molar-refractivity contribution in [2.75, 3.05) is 25.9 Å². The van der Waals surface area contributed by atoms with Crippen LogP contribution in [0.3, 0.4) is 0 Å². The Kier molecular flexibility index (Phi) is 6.11. The first kappa shape index (κ1) is 18.6. The summed E-state index contributed by atoms with van der Waals surface area (Å²) in [6.07, 6.45) is 2.99. The van der Waals surface area contributed by atoms with Crippen molar-refractivity contribution in [1.29, 1.82) is 0 Å². The molecular weight excluding hydrogens is 330 g/mol. The number of piperidine rings is 1. The Labute approximate surface area is 143 Å². The molecular formula is C15H25N5O3S. The van der Waals surface area contributed by atoms with Gasteiger partial charge in [-0.1, -0.05) is 0 Å². The van der Waals surface area contributed by atoms with E-state index in [4.69, 9.17) is 0 Å². The molecule has 0 unspecified atom stereocenters. The summed E-state index contributed by atoms with van der Waals surface area (Å²) in [5, 5.41) is 2.87. The molecule has 2 amide bonds. The summed E-state index contributed by atoms with van der Waals surface area (Å²) in [6, 6.07) is 1.70. The first-order valence-corrected chi connectivity index (χ1v) is 9.93. The fourth-order valence-electron chi connectivity index (χ4n) is 2.81. The number of amides is 2. The van der Waals surface area contributed by atoms with Gasteiger partial charge in [-0.05, 0) is 32.8 Å². The van der Waals surface area contributed by atoms with Crippen LogP contribution in [0.1, 0.15) is 30.1 Å². The van der Waals surface area contributed by atoms with E-state index in [0.717, 1.165) is 23.5 Å². The normalized spacial score (nSPS) is 16.2. The molecule has 0 bridgehead atoms. The van der Waals surface area contributed by atoms with Gasteiger partial charge >= 0.3 is 6.03 Å². The number of urea groups is 1. The number of nitrogens with one attached hydrogen (secondary N) is 2. The number of hydrogen-bond acceptors (Lipinski definition) is 5. The molecule has 1 fully saturated rings. The van der Waals surface area contributed by atoms with E-state index in [0.29, 0.717) is 38.9 Å². The van der Waals surface area contributed by atoms with Crippen LogP contribution in [0.4, 0.5) is 4.79 Å². The molecule has 1 aliphatic rings. The smallest absolute Gasteiger partial charge is 0.317 e. The van der Waals surface area contributed by atoms with E-state index < -0.39 is 10.0 Å². The molecule has 0 atom stereocenters. The average Bonchev–Trinajstić information content (AvgIpc) is 2.45. The molecule has 9 heteroatoms. The van der Waals surface area contributed by atoms with Gasteiger partial charge in [0.05, 0.1) is 6.26 Å². The number of carbonyl (C=O) groups excluding carboxylic acids is 1. The molecule has 0 spiro atoms. The van der Waals surface area contributed by atoms with Crippen molar-refractivity contribution >= 4 is 16.1 Å². The zero-order valence-electron chi connectivity index (χ0n) is 14.4. The van der Waals surface area contributed by atoms with Crippen LogP contribution < -0.4 is 10.0 Å². The highest BCUT2D eigenvalue weighted by atomic mass is 32.2. The van der Waals surface area contributed by atoms with Crippen molar-refractivity contribution in [2.24, 2.45) is 0 Å². The molecule has 1 aromatic heterocycles. The minimum absolute atomic E-state index is 0.0901. The maximum absolute atomic E-state index is 12.1. The second-order valence-corrected chi connectivity index (χ2v) is 7.98. The largest absolute Gasteiger partial charge is 0.338 e. The SMILES string of the molecule is Cc1cc(C)nc(CCNC(=O)N2CCC(NS(C)(=O)=O)CC2)n1. The molecule has 2 rings (SSSR count). The van der Waals surface area contributed by atoms with Crippen LogP contribution in [0.2, 0.25) is 0 Å². The van der Waals surface area contributed by atoms with Crippen LogP contribution in [0, 0.1) is 13.8 Å². The summed E-state index contributed by atoms with van der Waals surface area (Å²) in [6.45, 7) is 5.40. The molecule has 0 saturated carbocycles. The lowest BCUT2D eigenvalue weighted by atomic mass is 10.1. The van der Waals surface area contributed by atoms with E-state index >= 15 is 0 Å². The maximum Gasteiger partial charge on any atom is 0.317 e.